The molecule has 0 amide bonds. The number of carboxylic acid groups (broad SMARTS) is 1. The lowest BCUT2D eigenvalue weighted by Gasteiger charge is -2.43. The van der Waals surface area contributed by atoms with E-state index in [2.05, 4.69) is 72.4 Å². The van der Waals surface area contributed by atoms with Gasteiger partial charge in [0.1, 0.15) is 5.76 Å². The SMILES string of the molecule is CC(C)C.CCCO[C@@]1(C)CC(C)CN(Cc2ccc(C(=C(C)CC)/C(=C\C=C(/C)C(C)C)OC(F)F)s2)C1.O=CO. The van der Waals surface area contributed by atoms with E-state index in [0.717, 1.165) is 73.0 Å². The predicted molar refractivity (Wildman–Crippen MR) is 174 cm³/mol. The molecule has 0 spiro atoms. The van der Waals surface area contributed by atoms with Crippen LogP contribution >= 0.6 is 11.3 Å². The molecule has 5 nitrogen and oxygen atoms in total. The number of nitrogens with zero attached hydrogens (tertiary/aromatic N) is 1. The number of allylic oxidation sites excluding steroid dienone is 5. The smallest absolute Gasteiger partial charge is 0.387 e. The van der Waals surface area contributed by atoms with Gasteiger partial charge in [0, 0.05) is 41.6 Å². The van der Waals surface area contributed by atoms with Crippen LogP contribution in [0.5, 0.6) is 0 Å². The van der Waals surface area contributed by atoms with Gasteiger partial charge < -0.3 is 14.6 Å². The van der Waals surface area contributed by atoms with Crippen LogP contribution in [-0.2, 0) is 20.8 Å². The van der Waals surface area contributed by atoms with Gasteiger partial charge in [0.25, 0.3) is 6.47 Å². The van der Waals surface area contributed by atoms with Crippen LogP contribution in [0.3, 0.4) is 0 Å². The number of hydrogen-bond donors (Lipinski definition) is 1. The highest BCUT2D eigenvalue weighted by Crippen LogP contribution is 2.36. The molecule has 0 radical (unpaired) electrons. The Balaban J connectivity index is 0.00000216. The van der Waals surface area contributed by atoms with Crippen LogP contribution in [-0.4, -0.2) is 48.4 Å². The summed E-state index contributed by atoms with van der Waals surface area (Å²) in [7, 11) is 0. The fraction of sp³-hybridized carbons (Fsp3) is 0.676. The Kier molecular flexibility index (Phi) is 19.8. The van der Waals surface area contributed by atoms with E-state index in [4.69, 9.17) is 19.4 Å². The van der Waals surface area contributed by atoms with Crippen LogP contribution < -0.4 is 0 Å². The van der Waals surface area contributed by atoms with Crippen molar-refractivity contribution in [2.24, 2.45) is 17.8 Å². The van der Waals surface area contributed by atoms with Gasteiger partial charge in [-0.1, -0.05) is 72.6 Å². The largest absolute Gasteiger partial charge is 0.483 e. The summed E-state index contributed by atoms with van der Waals surface area (Å²) in [6.45, 7) is 23.8. The van der Waals surface area contributed by atoms with Gasteiger partial charge in [-0.25, -0.2) is 0 Å². The van der Waals surface area contributed by atoms with E-state index < -0.39 is 6.61 Å². The van der Waals surface area contributed by atoms with Crippen molar-refractivity contribution in [3.05, 3.63) is 50.9 Å². The third kappa shape index (κ3) is 16.0. The number of ether oxygens (including phenoxy) is 2. The lowest BCUT2D eigenvalue weighted by atomic mass is 9.87. The minimum Gasteiger partial charge on any atom is -0.483 e. The molecule has 1 aliphatic rings. The summed E-state index contributed by atoms with van der Waals surface area (Å²) < 4.78 is 38.1. The van der Waals surface area contributed by atoms with Crippen molar-refractivity contribution >= 4 is 23.4 Å². The Bertz CT molecular complexity index is 997. The topological polar surface area (TPSA) is 59.0 Å². The first-order valence-corrected chi connectivity index (χ1v) is 16.0. The van der Waals surface area contributed by atoms with Crippen LogP contribution in [0.4, 0.5) is 8.78 Å². The maximum Gasteiger partial charge on any atom is 0.387 e. The number of carbonyl (C=O) groups is 1. The third-order valence-electron chi connectivity index (χ3n) is 6.68. The van der Waals surface area contributed by atoms with Crippen LogP contribution in [0.25, 0.3) is 5.57 Å². The summed E-state index contributed by atoms with van der Waals surface area (Å²) in [6.07, 6.45) is 6.46. The van der Waals surface area contributed by atoms with E-state index in [-0.39, 0.29) is 17.8 Å². The minimum atomic E-state index is -2.87. The zero-order valence-corrected chi connectivity index (χ0v) is 28.7. The van der Waals surface area contributed by atoms with Crippen molar-refractivity contribution in [2.45, 2.75) is 114 Å². The third-order valence-corrected chi connectivity index (χ3v) is 7.77. The first-order valence-electron chi connectivity index (χ1n) is 15.2. The second-order valence-electron chi connectivity index (χ2n) is 12.4. The molecule has 2 heterocycles. The van der Waals surface area contributed by atoms with Gasteiger partial charge >= 0.3 is 6.61 Å². The standard InChI is InChI=1S/C29H45F2NO2S.C4H10.CH2O2/c1-9-15-33-29(8)16-21(5)17-32(19-29)18-24-12-14-26(35-24)27(22(6)10-2)25(34-28(30)31)13-11-23(7)20(3)4;1-4(2)3;2-1-3/h11-14,20-21,28H,9-10,15-19H2,1-8H3;4H,1-3H3;1H,(H,2,3)/b23-11+,25-13+,27-22?;;/t21?,29-;;/m0../s1. The Morgan fingerprint density at radius 1 is 1.17 bits per heavy atom. The highest BCUT2D eigenvalue weighted by molar-refractivity contribution is 7.13. The van der Waals surface area contributed by atoms with E-state index in [1.807, 2.05) is 26.8 Å². The molecule has 1 aromatic rings. The molecule has 0 bridgehead atoms. The molecule has 1 fully saturated rings. The Hall–Kier alpha value is -2.03. The highest BCUT2D eigenvalue weighted by Gasteiger charge is 2.35. The van der Waals surface area contributed by atoms with Gasteiger partial charge in [-0.3, -0.25) is 9.69 Å². The van der Waals surface area contributed by atoms with Crippen molar-refractivity contribution < 1.29 is 28.2 Å². The van der Waals surface area contributed by atoms with E-state index in [1.165, 1.54) is 4.88 Å². The number of halogens is 2. The molecule has 1 saturated heterocycles. The average molecular weight is 614 g/mol. The van der Waals surface area contributed by atoms with E-state index in [0.29, 0.717) is 11.8 Å². The zero-order chi connectivity index (χ0) is 32.5. The summed E-state index contributed by atoms with van der Waals surface area (Å²) in [5.41, 5.74) is 2.81. The van der Waals surface area contributed by atoms with E-state index in [1.54, 1.807) is 17.4 Å². The molecule has 42 heavy (non-hydrogen) atoms. The maximum atomic E-state index is 13.4. The number of piperidine rings is 1. The summed E-state index contributed by atoms with van der Waals surface area (Å²) in [5.74, 6) is 1.97. The summed E-state index contributed by atoms with van der Waals surface area (Å²) in [6, 6.07) is 4.18. The van der Waals surface area contributed by atoms with E-state index >= 15 is 0 Å². The van der Waals surface area contributed by atoms with Gasteiger partial charge in [-0.15, -0.1) is 11.3 Å². The molecule has 2 atom stereocenters. The van der Waals surface area contributed by atoms with Crippen molar-refractivity contribution in [2.75, 3.05) is 19.7 Å². The molecule has 2 rings (SSSR count). The number of likely N-dealkylation sites (tertiary alicyclic amines) is 1. The highest BCUT2D eigenvalue weighted by atomic mass is 32.1. The fourth-order valence-corrected chi connectivity index (χ4v) is 5.81. The Morgan fingerprint density at radius 2 is 1.76 bits per heavy atom. The normalized spacial score (nSPS) is 20.5. The van der Waals surface area contributed by atoms with E-state index in [9.17, 15) is 8.78 Å². The number of rotatable bonds is 12. The zero-order valence-electron chi connectivity index (χ0n) is 27.9. The van der Waals surface area contributed by atoms with Gasteiger partial charge in [0.15, 0.2) is 0 Å². The lowest BCUT2D eigenvalue weighted by Crippen LogP contribution is -2.50. The molecule has 1 aromatic heterocycles. The van der Waals surface area contributed by atoms with Crippen LogP contribution in [0.2, 0.25) is 0 Å². The van der Waals surface area contributed by atoms with Crippen molar-refractivity contribution in [1.82, 2.24) is 4.90 Å². The van der Waals surface area contributed by atoms with Gasteiger partial charge in [-0.05, 0) is 76.0 Å². The van der Waals surface area contributed by atoms with Crippen molar-refractivity contribution in [1.29, 1.82) is 0 Å². The first-order chi connectivity index (χ1) is 19.6. The average Bonchev–Trinajstić information content (AvgIpc) is 3.32. The molecule has 0 aromatic carbocycles. The van der Waals surface area contributed by atoms with Crippen LogP contribution in [0.15, 0.2) is 41.2 Å². The Labute approximate surface area is 258 Å². The van der Waals surface area contributed by atoms with Gasteiger partial charge in [-0.2, -0.15) is 8.78 Å². The van der Waals surface area contributed by atoms with Gasteiger partial charge in [0.2, 0.25) is 0 Å². The summed E-state index contributed by atoms with van der Waals surface area (Å²) in [4.78, 5) is 13.0. The minimum absolute atomic E-state index is 0.126. The molecular formula is C34H57F2NO4S. The summed E-state index contributed by atoms with van der Waals surface area (Å²) in [5, 5.41) is 6.89. The maximum absolute atomic E-state index is 13.4. The monoisotopic (exact) mass is 613 g/mol. The number of alkyl halides is 2. The molecule has 1 aliphatic heterocycles. The molecule has 242 valence electrons. The molecule has 0 aliphatic carbocycles. The quantitative estimate of drug-likeness (QED) is 0.144. The molecule has 1 unspecified atom stereocenters. The van der Waals surface area contributed by atoms with Crippen molar-refractivity contribution in [3.63, 3.8) is 0 Å². The number of thiophene rings is 1. The second kappa shape index (κ2) is 20.8. The Morgan fingerprint density at radius 3 is 2.26 bits per heavy atom. The molecular weight excluding hydrogens is 556 g/mol. The predicted octanol–water partition coefficient (Wildman–Crippen LogP) is 10.0. The summed E-state index contributed by atoms with van der Waals surface area (Å²) >= 11 is 1.67. The molecule has 0 saturated carbocycles. The van der Waals surface area contributed by atoms with Crippen LogP contribution in [0, 0.1) is 17.8 Å². The van der Waals surface area contributed by atoms with Gasteiger partial charge in [0.05, 0.1) is 5.60 Å². The first kappa shape index (κ1) is 40.0. The second-order valence-corrected chi connectivity index (χ2v) is 13.5. The fourth-order valence-electron chi connectivity index (χ4n) is 4.63. The molecule has 1 N–H and O–H groups in total. The van der Waals surface area contributed by atoms with Crippen LogP contribution in [0.1, 0.15) is 105 Å². The molecule has 8 heteroatoms. The lowest BCUT2D eigenvalue weighted by molar-refractivity contribution is -0.122. The number of hydrogen-bond acceptors (Lipinski definition) is 5. The van der Waals surface area contributed by atoms with Crippen molar-refractivity contribution in [3.8, 4) is 0 Å².